The first-order chi connectivity index (χ1) is 9.87. The molecule has 0 saturated heterocycles. The van der Waals surface area contributed by atoms with Gasteiger partial charge in [-0.2, -0.15) is 5.26 Å². The van der Waals surface area contributed by atoms with Crippen LogP contribution in [-0.4, -0.2) is 6.36 Å². The molecule has 2 aromatic rings. The highest BCUT2D eigenvalue weighted by molar-refractivity contribution is 5.74. The van der Waals surface area contributed by atoms with E-state index in [4.69, 9.17) is 11.0 Å². The Hall–Kier alpha value is -2.88. The van der Waals surface area contributed by atoms with Crippen LogP contribution in [0.1, 0.15) is 5.56 Å². The molecule has 0 aromatic heterocycles. The summed E-state index contributed by atoms with van der Waals surface area (Å²) in [6, 6.07) is 11.9. The van der Waals surface area contributed by atoms with Crippen molar-refractivity contribution < 1.29 is 17.9 Å². The van der Waals surface area contributed by atoms with Crippen molar-refractivity contribution in [1.29, 1.82) is 5.26 Å². The van der Waals surface area contributed by atoms with Gasteiger partial charge in [-0.3, -0.25) is 0 Å². The Bertz CT molecular complexity index is 675. The van der Waals surface area contributed by atoms with Gasteiger partial charge in [0, 0.05) is 5.69 Å². The number of hydrogen-bond donors (Lipinski definition) is 2. The van der Waals surface area contributed by atoms with E-state index in [1.807, 2.05) is 6.07 Å². The number of nitriles is 1. The molecule has 0 aliphatic rings. The lowest BCUT2D eigenvalue weighted by molar-refractivity contribution is -0.274. The fourth-order valence-electron chi connectivity index (χ4n) is 1.63. The second-order valence-corrected chi connectivity index (χ2v) is 4.11. The van der Waals surface area contributed by atoms with E-state index in [9.17, 15) is 13.2 Å². The first-order valence-corrected chi connectivity index (χ1v) is 5.80. The van der Waals surface area contributed by atoms with Crippen molar-refractivity contribution in [2.24, 2.45) is 0 Å². The normalized spacial score (nSPS) is 10.8. The lowest BCUT2D eigenvalue weighted by Gasteiger charge is -2.11. The fraction of sp³-hybridized carbons (Fsp3) is 0.0714. The molecule has 0 aliphatic heterocycles. The van der Waals surface area contributed by atoms with Crippen LogP contribution in [0.5, 0.6) is 5.75 Å². The number of nitrogen functional groups attached to an aromatic ring is 1. The van der Waals surface area contributed by atoms with Crippen LogP contribution in [-0.2, 0) is 0 Å². The van der Waals surface area contributed by atoms with Crippen LogP contribution in [0.4, 0.5) is 30.2 Å². The maximum Gasteiger partial charge on any atom is 0.573 e. The van der Waals surface area contributed by atoms with Crippen molar-refractivity contribution in [3.8, 4) is 11.8 Å². The highest BCUT2D eigenvalue weighted by atomic mass is 19.4. The smallest absolute Gasteiger partial charge is 0.406 e. The lowest BCUT2D eigenvalue weighted by Crippen LogP contribution is -2.16. The average molecular weight is 293 g/mol. The van der Waals surface area contributed by atoms with E-state index in [1.165, 1.54) is 24.3 Å². The number of nitrogens with zero attached hydrogens (tertiary/aromatic N) is 1. The summed E-state index contributed by atoms with van der Waals surface area (Å²) in [5.74, 6) is -0.313. The molecule has 0 spiro atoms. The Labute approximate surface area is 118 Å². The molecule has 108 valence electrons. The van der Waals surface area contributed by atoms with E-state index in [-0.39, 0.29) is 5.75 Å². The highest BCUT2D eigenvalue weighted by Crippen LogP contribution is 2.27. The number of halogens is 3. The molecule has 0 radical (unpaired) electrons. The number of nitrogens with two attached hydrogens (primary N) is 1. The number of anilines is 3. The van der Waals surface area contributed by atoms with Crippen LogP contribution >= 0.6 is 0 Å². The third-order valence-electron chi connectivity index (χ3n) is 2.55. The Kier molecular flexibility index (Phi) is 3.89. The van der Waals surface area contributed by atoms with Gasteiger partial charge < -0.3 is 15.8 Å². The van der Waals surface area contributed by atoms with E-state index in [1.54, 1.807) is 18.2 Å². The number of ether oxygens (including phenoxy) is 1. The van der Waals surface area contributed by atoms with E-state index in [2.05, 4.69) is 10.1 Å². The van der Waals surface area contributed by atoms with Crippen molar-refractivity contribution in [1.82, 2.24) is 0 Å². The van der Waals surface area contributed by atoms with Gasteiger partial charge in [0.1, 0.15) is 5.75 Å². The van der Waals surface area contributed by atoms with Crippen molar-refractivity contribution in [2.45, 2.75) is 6.36 Å². The third kappa shape index (κ3) is 4.04. The molecule has 2 aromatic carbocycles. The zero-order valence-corrected chi connectivity index (χ0v) is 10.6. The SMILES string of the molecule is N#Cc1ccc(N)c(Nc2ccc(OC(F)(F)F)cc2)c1. The largest absolute Gasteiger partial charge is 0.573 e. The van der Waals surface area contributed by atoms with E-state index in [0.717, 1.165) is 0 Å². The summed E-state index contributed by atoms with van der Waals surface area (Å²) in [5.41, 5.74) is 7.62. The van der Waals surface area contributed by atoms with Crippen molar-refractivity contribution in [3.63, 3.8) is 0 Å². The van der Waals surface area contributed by atoms with E-state index < -0.39 is 6.36 Å². The van der Waals surface area contributed by atoms with Crippen molar-refractivity contribution in [3.05, 3.63) is 48.0 Å². The third-order valence-corrected chi connectivity index (χ3v) is 2.55. The molecule has 0 atom stereocenters. The molecule has 0 heterocycles. The minimum Gasteiger partial charge on any atom is -0.406 e. The van der Waals surface area contributed by atoms with Crippen LogP contribution in [0, 0.1) is 11.3 Å². The Morgan fingerprint density at radius 2 is 1.76 bits per heavy atom. The maximum absolute atomic E-state index is 12.0. The molecule has 0 bridgehead atoms. The van der Waals surface area contributed by atoms with Crippen LogP contribution in [0.15, 0.2) is 42.5 Å². The van der Waals surface area contributed by atoms with Gasteiger partial charge in [-0.05, 0) is 42.5 Å². The van der Waals surface area contributed by atoms with Crippen molar-refractivity contribution in [2.75, 3.05) is 11.1 Å². The van der Waals surface area contributed by atoms with Gasteiger partial charge in [0.15, 0.2) is 0 Å². The number of nitrogens with one attached hydrogen (secondary N) is 1. The summed E-state index contributed by atoms with van der Waals surface area (Å²) in [7, 11) is 0. The monoisotopic (exact) mass is 293 g/mol. The molecule has 4 nitrogen and oxygen atoms in total. The zero-order valence-electron chi connectivity index (χ0n) is 10.6. The second kappa shape index (κ2) is 5.63. The van der Waals surface area contributed by atoms with Gasteiger partial charge in [0.25, 0.3) is 0 Å². The summed E-state index contributed by atoms with van der Waals surface area (Å²) in [5, 5.41) is 11.7. The molecule has 3 N–H and O–H groups in total. The summed E-state index contributed by atoms with van der Waals surface area (Å²) < 4.78 is 39.9. The Morgan fingerprint density at radius 1 is 1.10 bits per heavy atom. The number of hydrogen-bond acceptors (Lipinski definition) is 4. The van der Waals surface area contributed by atoms with Crippen LogP contribution < -0.4 is 15.8 Å². The predicted octanol–water partition coefficient (Wildman–Crippen LogP) is 3.78. The molecule has 21 heavy (non-hydrogen) atoms. The van der Waals surface area contributed by atoms with Gasteiger partial charge in [-0.1, -0.05) is 0 Å². The molecule has 2 rings (SSSR count). The highest BCUT2D eigenvalue weighted by Gasteiger charge is 2.30. The first-order valence-electron chi connectivity index (χ1n) is 5.80. The van der Waals surface area contributed by atoms with E-state index >= 15 is 0 Å². The van der Waals surface area contributed by atoms with Gasteiger partial charge in [0.05, 0.1) is 23.0 Å². The van der Waals surface area contributed by atoms with Gasteiger partial charge in [-0.15, -0.1) is 13.2 Å². The summed E-state index contributed by atoms with van der Waals surface area (Å²) in [6.45, 7) is 0. The Morgan fingerprint density at radius 3 is 2.33 bits per heavy atom. The quantitative estimate of drug-likeness (QED) is 0.845. The molecule has 0 unspecified atom stereocenters. The fourth-order valence-corrected chi connectivity index (χ4v) is 1.63. The van der Waals surface area contributed by atoms with Gasteiger partial charge in [0.2, 0.25) is 0 Å². The molecular weight excluding hydrogens is 283 g/mol. The zero-order chi connectivity index (χ0) is 15.5. The standard InChI is InChI=1S/C14H10F3N3O/c15-14(16,17)21-11-4-2-10(3-5-11)20-13-7-9(8-18)1-6-12(13)19/h1-7,20H,19H2. The lowest BCUT2D eigenvalue weighted by atomic mass is 10.2. The molecular formula is C14H10F3N3O. The Balaban J connectivity index is 2.16. The number of benzene rings is 2. The molecule has 0 fully saturated rings. The molecule has 0 saturated carbocycles. The van der Waals surface area contributed by atoms with Gasteiger partial charge >= 0.3 is 6.36 Å². The molecule has 0 aliphatic carbocycles. The molecule has 7 heteroatoms. The maximum atomic E-state index is 12.0. The summed E-state index contributed by atoms with van der Waals surface area (Å²) >= 11 is 0. The van der Waals surface area contributed by atoms with Crippen LogP contribution in [0.2, 0.25) is 0 Å². The van der Waals surface area contributed by atoms with E-state index in [0.29, 0.717) is 22.6 Å². The van der Waals surface area contributed by atoms with Gasteiger partial charge in [-0.25, -0.2) is 0 Å². The van der Waals surface area contributed by atoms with Crippen molar-refractivity contribution >= 4 is 17.1 Å². The second-order valence-electron chi connectivity index (χ2n) is 4.11. The minimum absolute atomic E-state index is 0.313. The average Bonchev–Trinajstić information content (AvgIpc) is 2.42. The topological polar surface area (TPSA) is 71.1 Å². The summed E-state index contributed by atoms with van der Waals surface area (Å²) in [4.78, 5) is 0. The number of alkyl halides is 3. The molecule has 0 amide bonds. The van der Waals surface area contributed by atoms with Crippen LogP contribution in [0.25, 0.3) is 0 Å². The minimum atomic E-state index is -4.72. The predicted molar refractivity (Wildman–Crippen MR) is 72.0 cm³/mol. The number of rotatable bonds is 3. The first kappa shape index (κ1) is 14.5. The van der Waals surface area contributed by atoms with Crippen LogP contribution in [0.3, 0.4) is 0 Å². The summed E-state index contributed by atoms with van der Waals surface area (Å²) in [6.07, 6.45) is -4.72.